The van der Waals surface area contributed by atoms with Gasteiger partial charge in [0.2, 0.25) is 10.0 Å². The first-order valence-corrected chi connectivity index (χ1v) is 11.4. The second kappa shape index (κ2) is 8.23. The number of likely N-dealkylation sites (N-methyl/N-ethyl adjacent to an activating group) is 1. The lowest BCUT2D eigenvalue weighted by Gasteiger charge is -2.30. The zero-order valence-electron chi connectivity index (χ0n) is 16.6. The summed E-state index contributed by atoms with van der Waals surface area (Å²) < 4.78 is 47.2. The third kappa shape index (κ3) is 3.87. The third-order valence-electron chi connectivity index (χ3n) is 5.59. The summed E-state index contributed by atoms with van der Waals surface area (Å²) in [7, 11) is -3.69. The predicted octanol–water partition coefficient (Wildman–Crippen LogP) is 3.29. The maximum Gasteiger partial charge on any atom is 0.321 e. The number of ether oxygens (including phenoxy) is 1. The molecule has 2 aromatic carbocycles. The van der Waals surface area contributed by atoms with Gasteiger partial charge in [-0.1, -0.05) is 19.1 Å². The molecule has 1 saturated heterocycles. The summed E-state index contributed by atoms with van der Waals surface area (Å²) in [6.07, 6.45) is 0.608. The largest absolute Gasteiger partial charge is 0.487 e. The van der Waals surface area contributed by atoms with E-state index < -0.39 is 10.0 Å². The van der Waals surface area contributed by atoms with E-state index in [-0.39, 0.29) is 28.9 Å². The molecule has 0 aromatic heterocycles. The van der Waals surface area contributed by atoms with Gasteiger partial charge in [0.05, 0.1) is 6.04 Å². The Morgan fingerprint density at radius 1 is 1.13 bits per heavy atom. The first kappa shape index (κ1) is 20.6. The van der Waals surface area contributed by atoms with E-state index in [2.05, 4.69) is 5.32 Å². The highest BCUT2D eigenvalue weighted by Gasteiger charge is 2.42. The number of hydrogen-bond donors (Lipinski definition) is 1. The molecule has 4 rings (SSSR count). The third-order valence-corrected chi connectivity index (χ3v) is 7.63. The van der Waals surface area contributed by atoms with Crippen molar-refractivity contribution in [1.29, 1.82) is 0 Å². The molecule has 0 radical (unpaired) electrons. The lowest BCUT2D eigenvalue weighted by molar-refractivity contribution is 0.115. The molecule has 0 unspecified atom stereocenters. The van der Waals surface area contributed by atoms with E-state index in [1.165, 1.54) is 28.6 Å². The predicted molar refractivity (Wildman–Crippen MR) is 110 cm³/mol. The molecule has 7 nitrogen and oxygen atoms in total. The fourth-order valence-corrected chi connectivity index (χ4v) is 5.91. The maximum atomic E-state index is 13.2. The van der Waals surface area contributed by atoms with Crippen LogP contribution in [0.25, 0.3) is 0 Å². The van der Waals surface area contributed by atoms with Crippen LogP contribution in [0.3, 0.4) is 0 Å². The van der Waals surface area contributed by atoms with E-state index in [1.807, 2.05) is 6.92 Å². The van der Waals surface area contributed by atoms with Crippen LogP contribution < -0.4 is 10.1 Å². The molecule has 9 heteroatoms. The number of anilines is 1. The number of fused-ring (bicyclic) bond motifs is 2. The number of nitrogens with zero attached hydrogens (tertiary/aromatic N) is 2. The fourth-order valence-electron chi connectivity index (χ4n) is 4.10. The summed E-state index contributed by atoms with van der Waals surface area (Å²) in [6, 6.07) is 11.6. The summed E-state index contributed by atoms with van der Waals surface area (Å²) in [5.74, 6) is -0.0196. The van der Waals surface area contributed by atoms with Crippen molar-refractivity contribution < 1.29 is 22.3 Å². The summed E-state index contributed by atoms with van der Waals surface area (Å²) in [6.45, 7) is 2.95. The molecular weight excluding hydrogens is 409 g/mol. The summed E-state index contributed by atoms with van der Waals surface area (Å²) >= 11 is 0. The van der Waals surface area contributed by atoms with Crippen molar-refractivity contribution in [3.63, 3.8) is 0 Å². The van der Waals surface area contributed by atoms with Crippen molar-refractivity contribution in [2.45, 2.75) is 36.8 Å². The minimum absolute atomic E-state index is 0.186. The van der Waals surface area contributed by atoms with Crippen LogP contribution in [-0.4, -0.2) is 55.4 Å². The van der Waals surface area contributed by atoms with Gasteiger partial charge in [0.15, 0.2) is 0 Å². The number of carbonyl (C=O) groups excluding carboxylic acids is 1. The Bertz CT molecular complexity index is 1030. The van der Waals surface area contributed by atoms with E-state index in [4.69, 9.17) is 4.74 Å². The lowest BCUT2D eigenvalue weighted by atomic mass is 10.1. The molecule has 2 amide bonds. The highest BCUT2D eigenvalue weighted by Crippen LogP contribution is 2.36. The minimum atomic E-state index is -3.69. The Morgan fingerprint density at radius 3 is 2.57 bits per heavy atom. The molecule has 2 aromatic rings. The van der Waals surface area contributed by atoms with Crippen LogP contribution in [0.4, 0.5) is 14.9 Å². The van der Waals surface area contributed by atoms with E-state index in [9.17, 15) is 17.6 Å². The molecule has 2 aliphatic heterocycles. The van der Waals surface area contributed by atoms with Crippen LogP contribution in [-0.2, 0) is 10.0 Å². The molecule has 2 aliphatic rings. The SMILES string of the molecule is CCN1[C@@H]2CCN(C(=O)Nc3ccc(F)cc3)CC[C@H]2Oc2ccccc2S1(=O)=O. The summed E-state index contributed by atoms with van der Waals surface area (Å²) in [5.41, 5.74) is 0.503. The number of urea groups is 1. The van der Waals surface area contributed by atoms with Crippen LogP contribution in [0.2, 0.25) is 0 Å². The number of amides is 2. The Balaban J connectivity index is 1.55. The highest BCUT2D eigenvalue weighted by molar-refractivity contribution is 7.89. The number of carbonyl (C=O) groups is 1. The second-order valence-corrected chi connectivity index (χ2v) is 9.24. The molecule has 2 atom stereocenters. The highest BCUT2D eigenvalue weighted by atomic mass is 32.2. The first-order valence-electron chi connectivity index (χ1n) is 9.99. The topological polar surface area (TPSA) is 79.0 Å². The number of nitrogens with one attached hydrogen (secondary N) is 1. The normalized spacial score (nSPS) is 23.3. The van der Waals surface area contributed by atoms with Crippen LogP contribution in [0.15, 0.2) is 53.4 Å². The van der Waals surface area contributed by atoms with Gasteiger partial charge in [-0.2, -0.15) is 4.31 Å². The van der Waals surface area contributed by atoms with Crippen LogP contribution in [0.5, 0.6) is 5.75 Å². The molecule has 30 heavy (non-hydrogen) atoms. The first-order chi connectivity index (χ1) is 14.4. The van der Waals surface area contributed by atoms with Gasteiger partial charge in [0.1, 0.15) is 22.6 Å². The Labute approximate surface area is 175 Å². The van der Waals surface area contributed by atoms with E-state index in [0.717, 1.165) is 0 Å². The van der Waals surface area contributed by atoms with E-state index in [1.54, 1.807) is 29.2 Å². The van der Waals surface area contributed by atoms with Gasteiger partial charge in [-0.05, 0) is 42.8 Å². The quantitative estimate of drug-likeness (QED) is 0.788. The van der Waals surface area contributed by atoms with Crippen molar-refractivity contribution in [3.8, 4) is 5.75 Å². The average Bonchev–Trinajstić information content (AvgIpc) is 2.97. The molecule has 160 valence electrons. The van der Waals surface area contributed by atoms with Crippen molar-refractivity contribution in [3.05, 3.63) is 54.3 Å². The van der Waals surface area contributed by atoms with Crippen molar-refractivity contribution in [1.82, 2.24) is 9.21 Å². The Morgan fingerprint density at radius 2 is 1.83 bits per heavy atom. The monoisotopic (exact) mass is 433 g/mol. The summed E-state index contributed by atoms with van der Waals surface area (Å²) in [4.78, 5) is 14.5. The molecule has 1 N–H and O–H groups in total. The molecule has 0 bridgehead atoms. The zero-order valence-corrected chi connectivity index (χ0v) is 17.4. The van der Waals surface area contributed by atoms with E-state index >= 15 is 0 Å². The van der Waals surface area contributed by atoms with E-state index in [0.29, 0.717) is 43.9 Å². The molecule has 1 fully saturated rings. The van der Waals surface area contributed by atoms with Gasteiger partial charge < -0.3 is 15.0 Å². The average molecular weight is 434 g/mol. The molecule has 2 heterocycles. The number of sulfonamides is 1. The number of para-hydroxylation sites is 1. The molecule has 0 saturated carbocycles. The number of rotatable bonds is 2. The lowest BCUT2D eigenvalue weighted by Crippen LogP contribution is -2.47. The number of halogens is 1. The van der Waals surface area contributed by atoms with Gasteiger partial charge >= 0.3 is 6.03 Å². The van der Waals surface area contributed by atoms with Crippen LogP contribution in [0.1, 0.15) is 19.8 Å². The number of hydrogen-bond acceptors (Lipinski definition) is 4. The number of likely N-dealkylation sites (tertiary alicyclic amines) is 1. The molecular formula is C21H24FN3O4S. The Hall–Kier alpha value is -2.65. The summed E-state index contributed by atoms with van der Waals surface area (Å²) in [5, 5.41) is 2.77. The van der Waals surface area contributed by atoms with Crippen molar-refractivity contribution in [2.75, 3.05) is 25.0 Å². The maximum absolute atomic E-state index is 13.2. The zero-order chi connectivity index (χ0) is 21.3. The standard InChI is InChI=1S/C21H24FN3O4S/c1-2-25-17-11-13-24(21(26)23-16-9-7-15(22)8-10-16)14-12-18(17)29-19-5-3-4-6-20(19)30(25,27)28/h3-10,17-18H,2,11-14H2,1H3,(H,23,26)/t17-,18-/m1/s1. The second-order valence-electron chi connectivity index (χ2n) is 7.38. The number of benzene rings is 2. The van der Waals surface area contributed by atoms with Gasteiger partial charge in [0.25, 0.3) is 0 Å². The minimum Gasteiger partial charge on any atom is -0.487 e. The van der Waals surface area contributed by atoms with Crippen LogP contribution in [0, 0.1) is 5.82 Å². The van der Waals surface area contributed by atoms with Gasteiger partial charge in [-0.25, -0.2) is 17.6 Å². The smallest absolute Gasteiger partial charge is 0.321 e. The molecule has 0 spiro atoms. The molecule has 0 aliphatic carbocycles. The van der Waals surface area contributed by atoms with Gasteiger partial charge in [-0.3, -0.25) is 0 Å². The van der Waals surface area contributed by atoms with Crippen molar-refractivity contribution in [2.24, 2.45) is 0 Å². The van der Waals surface area contributed by atoms with Gasteiger partial charge in [-0.15, -0.1) is 0 Å². The van der Waals surface area contributed by atoms with Crippen molar-refractivity contribution >= 4 is 21.7 Å². The van der Waals surface area contributed by atoms with Gasteiger partial charge in [0, 0.05) is 31.7 Å². The fraction of sp³-hybridized carbons (Fsp3) is 0.381. The Kier molecular flexibility index (Phi) is 5.66. The van der Waals surface area contributed by atoms with Crippen LogP contribution >= 0.6 is 0 Å².